The molecule has 20 heavy (non-hydrogen) atoms. The van der Waals surface area contributed by atoms with Crippen molar-refractivity contribution < 1.29 is 9.18 Å². The van der Waals surface area contributed by atoms with Crippen molar-refractivity contribution in [2.24, 2.45) is 0 Å². The number of aromatic nitrogens is 4. The molecule has 6 nitrogen and oxygen atoms in total. The van der Waals surface area contributed by atoms with Crippen molar-refractivity contribution in [3.63, 3.8) is 0 Å². The molecular weight excluding hydrogens is 261 g/mol. The summed E-state index contributed by atoms with van der Waals surface area (Å²) < 4.78 is 12.7. The Morgan fingerprint density at radius 3 is 2.95 bits per heavy atom. The first kappa shape index (κ1) is 12.2. The third-order valence-electron chi connectivity index (χ3n) is 2.79. The zero-order chi connectivity index (χ0) is 13.9. The van der Waals surface area contributed by atoms with Crippen LogP contribution in [0.5, 0.6) is 0 Å². The number of carbonyl (C=O) groups excluding carboxylic acids is 1. The molecule has 2 N–H and O–H groups in total. The molecule has 0 spiro atoms. The van der Waals surface area contributed by atoms with E-state index in [9.17, 15) is 9.18 Å². The number of halogens is 1. The first-order valence-corrected chi connectivity index (χ1v) is 5.91. The number of pyridine rings is 1. The molecule has 3 aromatic heterocycles. The lowest BCUT2D eigenvalue weighted by Crippen LogP contribution is -2.24. The van der Waals surface area contributed by atoms with Gasteiger partial charge in [0.15, 0.2) is 0 Å². The van der Waals surface area contributed by atoms with Gasteiger partial charge >= 0.3 is 0 Å². The maximum absolute atomic E-state index is 12.7. The minimum absolute atomic E-state index is 0.203. The van der Waals surface area contributed by atoms with E-state index in [0.29, 0.717) is 22.4 Å². The van der Waals surface area contributed by atoms with Gasteiger partial charge in [0.2, 0.25) is 0 Å². The molecule has 0 atom stereocenters. The van der Waals surface area contributed by atoms with Gasteiger partial charge in [0, 0.05) is 6.20 Å². The van der Waals surface area contributed by atoms with Crippen LogP contribution in [0.15, 0.2) is 36.9 Å². The summed E-state index contributed by atoms with van der Waals surface area (Å²) in [5, 5.41) is 3.34. The standard InChI is InChI=1S/C13H10FN5O/c14-8-1-2-9(16-5-8)6-17-13(20)11-10-3-4-15-12(10)19-7-18-11/h1-5,7H,6H2,(H,17,20)(H,15,18,19). The molecule has 3 aromatic rings. The highest BCUT2D eigenvalue weighted by Gasteiger charge is 2.12. The fourth-order valence-corrected chi connectivity index (χ4v) is 1.82. The monoisotopic (exact) mass is 271 g/mol. The normalized spacial score (nSPS) is 10.7. The van der Waals surface area contributed by atoms with Gasteiger partial charge in [-0.1, -0.05) is 0 Å². The van der Waals surface area contributed by atoms with Crippen LogP contribution < -0.4 is 5.32 Å². The van der Waals surface area contributed by atoms with Crippen LogP contribution in [0.1, 0.15) is 16.2 Å². The number of amides is 1. The Balaban J connectivity index is 1.76. The summed E-state index contributed by atoms with van der Waals surface area (Å²) in [4.78, 5) is 26.9. The minimum Gasteiger partial charge on any atom is -0.346 e. The van der Waals surface area contributed by atoms with Crippen LogP contribution in [0.3, 0.4) is 0 Å². The highest BCUT2D eigenvalue weighted by molar-refractivity contribution is 6.03. The molecule has 3 heterocycles. The van der Waals surface area contributed by atoms with Gasteiger partial charge < -0.3 is 10.3 Å². The van der Waals surface area contributed by atoms with Crippen LogP contribution in [0, 0.1) is 5.82 Å². The zero-order valence-electron chi connectivity index (χ0n) is 10.3. The third kappa shape index (κ3) is 2.33. The zero-order valence-corrected chi connectivity index (χ0v) is 10.3. The van der Waals surface area contributed by atoms with Crippen LogP contribution in [0.2, 0.25) is 0 Å². The molecule has 1 amide bonds. The first-order chi connectivity index (χ1) is 9.74. The molecule has 0 saturated carbocycles. The van der Waals surface area contributed by atoms with E-state index >= 15 is 0 Å². The fourth-order valence-electron chi connectivity index (χ4n) is 1.82. The molecule has 0 aliphatic rings. The van der Waals surface area contributed by atoms with Crippen LogP contribution in [0.25, 0.3) is 11.0 Å². The Hall–Kier alpha value is -2.83. The average Bonchev–Trinajstić information content (AvgIpc) is 2.94. The highest BCUT2D eigenvalue weighted by atomic mass is 19.1. The van der Waals surface area contributed by atoms with Crippen LogP contribution in [0.4, 0.5) is 4.39 Å². The van der Waals surface area contributed by atoms with Gasteiger partial charge in [-0.3, -0.25) is 9.78 Å². The molecule has 100 valence electrons. The first-order valence-electron chi connectivity index (χ1n) is 5.91. The van der Waals surface area contributed by atoms with Gasteiger partial charge in [0.05, 0.1) is 23.8 Å². The van der Waals surface area contributed by atoms with Crippen molar-refractivity contribution in [1.29, 1.82) is 0 Å². The number of H-pyrrole nitrogens is 1. The van der Waals surface area contributed by atoms with E-state index in [1.165, 1.54) is 18.5 Å². The van der Waals surface area contributed by atoms with Gasteiger partial charge in [-0.25, -0.2) is 14.4 Å². The summed E-state index contributed by atoms with van der Waals surface area (Å²) in [5.41, 5.74) is 1.46. The summed E-state index contributed by atoms with van der Waals surface area (Å²) in [6, 6.07) is 4.55. The van der Waals surface area contributed by atoms with E-state index < -0.39 is 5.82 Å². The topological polar surface area (TPSA) is 83.6 Å². The number of hydrogen-bond acceptors (Lipinski definition) is 4. The Bertz CT molecular complexity index is 753. The average molecular weight is 271 g/mol. The van der Waals surface area contributed by atoms with E-state index in [-0.39, 0.29) is 12.5 Å². The molecule has 0 saturated heterocycles. The van der Waals surface area contributed by atoms with E-state index in [2.05, 4.69) is 25.3 Å². The predicted octanol–water partition coefficient (Wildman–Crippen LogP) is 1.42. The number of rotatable bonds is 3. The van der Waals surface area contributed by atoms with Gasteiger partial charge in [0.25, 0.3) is 5.91 Å². The second-order valence-corrected chi connectivity index (χ2v) is 4.11. The number of nitrogens with one attached hydrogen (secondary N) is 2. The molecule has 0 aliphatic heterocycles. The van der Waals surface area contributed by atoms with Gasteiger partial charge in [-0.15, -0.1) is 0 Å². The molecule has 0 aliphatic carbocycles. The lowest BCUT2D eigenvalue weighted by molar-refractivity contribution is 0.0947. The Morgan fingerprint density at radius 1 is 1.25 bits per heavy atom. The number of aromatic amines is 1. The number of carbonyl (C=O) groups is 1. The molecule has 0 unspecified atom stereocenters. The Kier molecular flexibility index (Phi) is 3.08. The quantitative estimate of drug-likeness (QED) is 0.754. The van der Waals surface area contributed by atoms with Crippen molar-refractivity contribution in [3.8, 4) is 0 Å². The highest BCUT2D eigenvalue weighted by Crippen LogP contribution is 2.12. The molecular formula is C13H10FN5O. The summed E-state index contributed by atoms with van der Waals surface area (Å²) in [6.45, 7) is 0.203. The second-order valence-electron chi connectivity index (χ2n) is 4.11. The molecule has 7 heteroatoms. The molecule has 0 aromatic carbocycles. The third-order valence-corrected chi connectivity index (χ3v) is 2.79. The van der Waals surface area contributed by atoms with Crippen molar-refractivity contribution >= 4 is 16.9 Å². The van der Waals surface area contributed by atoms with Crippen molar-refractivity contribution in [2.45, 2.75) is 6.54 Å². The number of hydrogen-bond donors (Lipinski definition) is 2. The molecule has 0 bridgehead atoms. The van der Waals surface area contributed by atoms with Crippen LogP contribution in [-0.4, -0.2) is 25.8 Å². The summed E-state index contributed by atoms with van der Waals surface area (Å²) in [6.07, 6.45) is 4.12. The smallest absolute Gasteiger partial charge is 0.271 e. The predicted molar refractivity (Wildman–Crippen MR) is 69.3 cm³/mol. The molecule has 0 fully saturated rings. The lowest BCUT2D eigenvalue weighted by atomic mass is 10.2. The largest absolute Gasteiger partial charge is 0.346 e. The van der Waals surface area contributed by atoms with E-state index in [0.717, 1.165) is 6.20 Å². The van der Waals surface area contributed by atoms with Crippen molar-refractivity contribution in [1.82, 2.24) is 25.3 Å². The van der Waals surface area contributed by atoms with Gasteiger partial charge in [0.1, 0.15) is 23.5 Å². The lowest BCUT2D eigenvalue weighted by Gasteiger charge is -2.04. The van der Waals surface area contributed by atoms with Gasteiger partial charge in [-0.2, -0.15) is 0 Å². The van der Waals surface area contributed by atoms with Crippen molar-refractivity contribution in [3.05, 3.63) is 54.1 Å². The number of nitrogens with zero attached hydrogens (tertiary/aromatic N) is 3. The Labute approximate surface area is 113 Å². The number of fused-ring (bicyclic) bond motifs is 1. The fraction of sp³-hybridized carbons (Fsp3) is 0.0769. The van der Waals surface area contributed by atoms with E-state index in [1.54, 1.807) is 12.3 Å². The minimum atomic E-state index is -0.412. The van der Waals surface area contributed by atoms with E-state index in [1.807, 2.05) is 0 Å². The summed E-state index contributed by atoms with van der Waals surface area (Å²) in [7, 11) is 0. The maximum atomic E-state index is 12.7. The van der Waals surface area contributed by atoms with Crippen molar-refractivity contribution in [2.75, 3.05) is 0 Å². The van der Waals surface area contributed by atoms with Gasteiger partial charge in [-0.05, 0) is 18.2 Å². The summed E-state index contributed by atoms with van der Waals surface area (Å²) >= 11 is 0. The van der Waals surface area contributed by atoms with Crippen LogP contribution >= 0.6 is 0 Å². The molecule has 0 radical (unpaired) electrons. The SMILES string of the molecule is O=C(NCc1ccc(F)cn1)c1ncnc2[nH]ccc12. The Morgan fingerprint density at radius 2 is 2.15 bits per heavy atom. The maximum Gasteiger partial charge on any atom is 0.271 e. The molecule has 3 rings (SSSR count). The summed E-state index contributed by atoms with van der Waals surface area (Å²) in [5.74, 6) is -0.743. The van der Waals surface area contributed by atoms with E-state index in [4.69, 9.17) is 0 Å². The van der Waals surface area contributed by atoms with Crippen LogP contribution in [-0.2, 0) is 6.54 Å². The second kappa shape index (κ2) is 5.04.